The van der Waals surface area contributed by atoms with Crippen molar-refractivity contribution in [1.29, 1.82) is 5.41 Å². The van der Waals surface area contributed by atoms with E-state index in [0.29, 0.717) is 42.6 Å². The second-order valence-corrected chi connectivity index (χ2v) is 9.77. The highest BCUT2D eigenvalue weighted by molar-refractivity contribution is 7.87. The van der Waals surface area contributed by atoms with Crippen LogP contribution in [0.4, 0.5) is 0 Å². The summed E-state index contributed by atoms with van der Waals surface area (Å²) in [6, 6.07) is 7.42. The standard InChI is InChI=1S/C23H28ClN3O6S/c1-4-32-22(28)19-14(2)13-17(33-34(29,30)18-8-6-5-7-16(18)24)21(31-3)20(19)15-9-11-27(12-10-15)23(25)26/h5-8,13,15H,4,9-12H2,1-3H3,(H3,25,26). The van der Waals surface area contributed by atoms with Gasteiger partial charge in [-0.3, -0.25) is 5.41 Å². The van der Waals surface area contributed by atoms with Gasteiger partial charge in [0.05, 0.1) is 24.3 Å². The van der Waals surface area contributed by atoms with Gasteiger partial charge in [0.15, 0.2) is 17.5 Å². The molecule has 11 heteroatoms. The lowest BCUT2D eigenvalue weighted by atomic mass is 9.84. The quantitative estimate of drug-likeness (QED) is 0.250. The van der Waals surface area contributed by atoms with Gasteiger partial charge in [0.2, 0.25) is 0 Å². The van der Waals surface area contributed by atoms with E-state index in [1.165, 1.54) is 25.3 Å². The molecule has 3 N–H and O–H groups in total. The lowest BCUT2D eigenvalue weighted by Gasteiger charge is -2.34. The molecule has 3 rings (SSSR count). The minimum absolute atomic E-state index is 0.0184. The predicted molar refractivity (Wildman–Crippen MR) is 128 cm³/mol. The summed E-state index contributed by atoms with van der Waals surface area (Å²) in [5, 5.41) is 7.70. The highest BCUT2D eigenvalue weighted by Crippen LogP contribution is 2.45. The maximum atomic E-state index is 13.0. The van der Waals surface area contributed by atoms with Gasteiger partial charge >= 0.3 is 16.1 Å². The number of nitrogens with one attached hydrogen (secondary N) is 1. The van der Waals surface area contributed by atoms with Crippen molar-refractivity contribution in [2.75, 3.05) is 26.8 Å². The lowest BCUT2D eigenvalue weighted by Crippen LogP contribution is -2.42. The van der Waals surface area contributed by atoms with Crippen molar-refractivity contribution < 1.29 is 26.9 Å². The van der Waals surface area contributed by atoms with Crippen LogP contribution in [0.15, 0.2) is 35.2 Å². The smallest absolute Gasteiger partial charge is 0.340 e. The predicted octanol–water partition coefficient (Wildman–Crippen LogP) is 3.67. The van der Waals surface area contributed by atoms with Crippen LogP contribution in [0.25, 0.3) is 0 Å². The van der Waals surface area contributed by atoms with Crippen LogP contribution in [0.5, 0.6) is 11.5 Å². The summed E-state index contributed by atoms with van der Waals surface area (Å²) in [5.74, 6) is -0.615. The third-order valence-corrected chi connectivity index (χ3v) is 7.45. The summed E-state index contributed by atoms with van der Waals surface area (Å²) in [7, 11) is -2.89. The minimum Gasteiger partial charge on any atom is -0.492 e. The number of hydrogen-bond acceptors (Lipinski definition) is 7. The van der Waals surface area contributed by atoms with Gasteiger partial charge in [0, 0.05) is 18.7 Å². The number of nitrogens with zero attached hydrogens (tertiary/aromatic N) is 1. The first kappa shape index (κ1) is 25.6. The Hall–Kier alpha value is -2.98. The van der Waals surface area contributed by atoms with Gasteiger partial charge in [-0.15, -0.1) is 0 Å². The monoisotopic (exact) mass is 509 g/mol. The number of aryl methyl sites for hydroxylation is 1. The molecular formula is C23H28ClN3O6S. The van der Waals surface area contributed by atoms with Crippen LogP contribution in [0.3, 0.4) is 0 Å². The first-order valence-electron chi connectivity index (χ1n) is 10.8. The molecule has 34 heavy (non-hydrogen) atoms. The molecule has 9 nitrogen and oxygen atoms in total. The van der Waals surface area contributed by atoms with Gasteiger partial charge in [0.1, 0.15) is 4.90 Å². The number of likely N-dealkylation sites (tertiary alicyclic amines) is 1. The molecule has 1 heterocycles. The second kappa shape index (κ2) is 10.5. The summed E-state index contributed by atoms with van der Waals surface area (Å²) in [6.07, 6.45) is 1.14. The van der Waals surface area contributed by atoms with E-state index < -0.39 is 16.1 Å². The summed E-state index contributed by atoms with van der Waals surface area (Å²) in [5.41, 5.74) is 6.96. The average molecular weight is 510 g/mol. The Bertz CT molecular complexity index is 1190. The molecule has 0 aliphatic carbocycles. The van der Waals surface area contributed by atoms with E-state index in [1.54, 1.807) is 30.9 Å². The lowest BCUT2D eigenvalue weighted by molar-refractivity contribution is 0.0522. The van der Waals surface area contributed by atoms with Gasteiger partial charge < -0.3 is 24.3 Å². The highest BCUT2D eigenvalue weighted by atomic mass is 35.5. The van der Waals surface area contributed by atoms with E-state index in [2.05, 4.69) is 0 Å². The number of benzene rings is 2. The number of halogens is 1. The van der Waals surface area contributed by atoms with E-state index in [0.717, 1.165) is 0 Å². The number of carbonyl (C=O) groups is 1. The van der Waals surface area contributed by atoms with Crippen LogP contribution >= 0.6 is 11.6 Å². The third-order valence-electron chi connectivity index (χ3n) is 5.71. The Morgan fingerprint density at radius 1 is 1.26 bits per heavy atom. The van der Waals surface area contributed by atoms with Gasteiger partial charge in [-0.25, -0.2) is 4.79 Å². The molecule has 0 aromatic heterocycles. The van der Waals surface area contributed by atoms with Crippen LogP contribution in [0.2, 0.25) is 5.02 Å². The topological polar surface area (TPSA) is 132 Å². The molecule has 0 atom stereocenters. The Morgan fingerprint density at radius 3 is 2.47 bits per heavy atom. The molecule has 0 radical (unpaired) electrons. The van der Waals surface area contributed by atoms with Crippen molar-refractivity contribution in [3.05, 3.63) is 52.0 Å². The van der Waals surface area contributed by atoms with Crippen LogP contribution in [-0.4, -0.2) is 52.1 Å². The number of rotatable bonds is 7. The number of piperidine rings is 1. The molecule has 0 amide bonds. The zero-order valence-corrected chi connectivity index (χ0v) is 20.8. The van der Waals surface area contributed by atoms with Crippen molar-refractivity contribution in [3.63, 3.8) is 0 Å². The zero-order chi connectivity index (χ0) is 25.0. The van der Waals surface area contributed by atoms with E-state index in [4.69, 9.17) is 36.4 Å². The average Bonchev–Trinajstić information content (AvgIpc) is 2.78. The summed E-state index contributed by atoms with van der Waals surface area (Å²) >= 11 is 6.09. The van der Waals surface area contributed by atoms with Crippen molar-refractivity contribution in [2.45, 2.75) is 37.5 Å². The molecule has 0 unspecified atom stereocenters. The van der Waals surface area contributed by atoms with E-state index in [1.807, 2.05) is 0 Å². The fourth-order valence-corrected chi connectivity index (χ4v) is 5.57. The minimum atomic E-state index is -4.29. The number of nitrogens with two attached hydrogens (primary N) is 1. The summed E-state index contributed by atoms with van der Waals surface area (Å²) in [4.78, 5) is 14.5. The molecule has 2 aromatic carbocycles. The van der Waals surface area contributed by atoms with E-state index in [9.17, 15) is 13.2 Å². The zero-order valence-electron chi connectivity index (χ0n) is 19.3. The molecule has 1 fully saturated rings. The number of carbonyl (C=O) groups excluding carboxylic acids is 1. The van der Waals surface area contributed by atoms with E-state index >= 15 is 0 Å². The Balaban J connectivity index is 2.13. The van der Waals surface area contributed by atoms with Crippen LogP contribution < -0.4 is 14.7 Å². The molecule has 1 aliphatic rings. The Kier molecular flexibility index (Phi) is 7.93. The molecule has 2 aromatic rings. The fourth-order valence-electron chi connectivity index (χ4n) is 4.15. The van der Waals surface area contributed by atoms with Crippen molar-refractivity contribution in [1.82, 2.24) is 4.90 Å². The molecule has 0 spiro atoms. The number of esters is 1. The number of hydrogen-bond donors (Lipinski definition) is 2. The molecule has 0 saturated carbocycles. The molecule has 184 valence electrons. The molecule has 1 aliphatic heterocycles. The van der Waals surface area contributed by atoms with Gasteiger partial charge in [-0.05, 0) is 56.4 Å². The van der Waals surface area contributed by atoms with Crippen molar-refractivity contribution in [2.24, 2.45) is 5.73 Å². The second-order valence-electron chi connectivity index (χ2n) is 7.85. The first-order chi connectivity index (χ1) is 16.1. The molecular weight excluding hydrogens is 482 g/mol. The highest BCUT2D eigenvalue weighted by Gasteiger charge is 2.33. The summed E-state index contributed by atoms with van der Waals surface area (Å²) < 4.78 is 42.5. The summed E-state index contributed by atoms with van der Waals surface area (Å²) in [6.45, 7) is 4.60. The number of methoxy groups -OCH3 is 1. The normalized spacial score (nSPS) is 14.5. The SMILES string of the molecule is CCOC(=O)c1c(C)cc(OS(=O)(=O)c2ccccc2Cl)c(OC)c1C1CCN(C(=N)N)CC1. The number of guanidine groups is 1. The first-order valence-corrected chi connectivity index (χ1v) is 12.6. The van der Waals surface area contributed by atoms with Gasteiger partial charge in [-0.2, -0.15) is 8.42 Å². The maximum absolute atomic E-state index is 13.0. The Labute approximate surface area is 204 Å². The maximum Gasteiger partial charge on any atom is 0.340 e. The van der Waals surface area contributed by atoms with Crippen molar-refractivity contribution >= 4 is 33.6 Å². The molecule has 0 bridgehead atoms. The third kappa shape index (κ3) is 5.23. The largest absolute Gasteiger partial charge is 0.492 e. The Morgan fingerprint density at radius 2 is 1.91 bits per heavy atom. The van der Waals surface area contributed by atoms with Gasteiger partial charge in [0.25, 0.3) is 0 Å². The van der Waals surface area contributed by atoms with Crippen LogP contribution in [0.1, 0.15) is 47.2 Å². The van der Waals surface area contributed by atoms with Gasteiger partial charge in [-0.1, -0.05) is 23.7 Å². The number of ether oxygens (including phenoxy) is 2. The van der Waals surface area contributed by atoms with E-state index in [-0.39, 0.29) is 39.9 Å². The van der Waals surface area contributed by atoms with Crippen LogP contribution in [-0.2, 0) is 14.9 Å². The van der Waals surface area contributed by atoms with Crippen molar-refractivity contribution in [3.8, 4) is 11.5 Å². The molecule has 1 saturated heterocycles. The fraction of sp³-hybridized carbons (Fsp3) is 0.391. The van der Waals surface area contributed by atoms with Crippen LogP contribution in [0, 0.1) is 12.3 Å².